The van der Waals surface area contributed by atoms with Gasteiger partial charge in [-0.15, -0.1) is 5.10 Å². The molecule has 0 fully saturated rings. The Hall–Kier alpha value is -2.77. The predicted octanol–water partition coefficient (Wildman–Crippen LogP) is 2.52. The van der Waals surface area contributed by atoms with E-state index in [4.69, 9.17) is 4.42 Å². The van der Waals surface area contributed by atoms with Crippen molar-refractivity contribution >= 4 is 17.3 Å². The number of anilines is 2. The quantitative estimate of drug-likeness (QED) is 0.748. The standard InChI is InChI=1S/C16H20N6O2/c1-3-6-11-17-12-14(18-11)22-16(21(8-4-2)15(12)23)19-13(20-22)10-7-5-9-24-10/h5,7,9,11,17-18H,3-4,6,8H2,1-2H3. The normalized spacial score (nSPS) is 16.2. The molecule has 0 amide bonds. The number of hydrogen-bond donors (Lipinski definition) is 2. The first kappa shape index (κ1) is 14.8. The zero-order valence-corrected chi connectivity index (χ0v) is 13.7. The average Bonchev–Trinajstić information content (AvgIpc) is 3.28. The van der Waals surface area contributed by atoms with Crippen molar-refractivity contribution < 1.29 is 4.42 Å². The fourth-order valence-corrected chi connectivity index (χ4v) is 3.07. The lowest BCUT2D eigenvalue weighted by atomic mass is 10.3. The molecule has 0 saturated heterocycles. The largest absolute Gasteiger partial charge is 0.461 e. The molecule has 8 nitrogen and oxygen atoms in total. The van der Waals surface area contributed by atoms with Gasteiger partial charge in [-0.1, -0.05) is 20.3 Å². The summed E-state index contributed by atoms with van der Waals surface area (Å²) in [5.74, 6) is 2.25. The van der Waals surface area contributed by atoms with Crippen LogP contribution in [0.4, 0.5) is 11.5 Å². The number of aryl methyl sites for hydroxylation is 1. The Morgan fingerprint density at radius 3 is 2.88 bits per heavy atom. The zero-order valence-electron chi connectivity index (χ0n) is 13.7. The van der Waals surface area contributed by atoms with Crippen LogP contribution in [-0.4, -0.2) is 25.3 Å². The van der Waals surface area contributed by atoms with Crippen molar-refractivity contribution in [2.45, 2.75) is 45.8 Å². The van der Waals surface area contributed by atoms with Crippen LogP contribution in [0.3, 0.4) is 0 Å². The summed E-state index contributed by atoms with van der Waals surface area (Å²) in [6, 6.07) is 3.60. The van der Waals surface area contributed by atoms with E-state index in [1.165, 1.54) is 0 Å². The van der Waals surface area contributed by atoms with E-state index in [1.54, 1.807) is 21.4 Å². The summed E-state index contributed by atoms with van der Waals surface area (Å²) in [5, 5.41) is 11.2. The smallest absolute Gasteiger partial charge is 0.280 e. The maximum Gasteiger partial charge on any atom is 0.280 e. The maximum absolute atomic E-state index is 12.9. The van der Waals surface area contributed by atoms with Crippen LogP contribution in [0.15, 0.2) is 27.6 Å². The molecule has 1 atom stereocenters. The van der Waals surface area contributed by atoms with Crippen LogP contribution in [0.5, 0.6) is 0 Å². The summed E-state index contributed by atoms with van der Waals surface area (Å²) in [7, 11) is 0. The van der Waals surface area contributed by atoms with Gasteiger partial charge >= 0.3 is 0 Å². The molecule has 24 heavy (non-hydrogen) atoms. The van der Waals surface area contributed by atoms with E-state index >= 15 is 0 Å². The molecule has 126 valence electrons. The lowest BCUT2D eigenvalue weighted by molar-refractivity contribution is 0.577. The van der Waals surface area contributed by atoms with Gasteiger partial charge in [0.1, 0.15) is 5.69 Å². The Kier molecular flexibility index (Phi) is 3.51. The lowest BCUT2D eigenvalue weighted by Crippen LogP contribution is -2.26. The van der Waals surface area contributed by atoms with Crippen LogP contribution in [0, 0.1) is 0 Å². The Morgan fingerprint density at radius 1 is 1.29 bits per heavy atom. The second-order valence-electron chi connectivity index (χ2n) is 5.93. The van der Waals surface area contributed by atoms with Gasteiger partial charge in [0.05, 0.1) is 12.4 Å². The number of rotatable bonds is 5. The molecule has 0 aliphatic carbocycles. The van der Waals surface area contributed by atoms with E-state index in [0.717, 1.165) is 19.3 Å². The molecule has 2 N–H and O–H groups in total. The molecule has 0 aromatic carbocycles. The lowest BCUT2D eigenvalue weighted by Gasteiger charge is -2.09. The molecule has 4 heterocycles. The minimum absolute atomic E-state index is 0.0367. The van der Waals surface area contributed by atoms with E-state index in [0.29, 0.717) is 35.4 Å². The van der Waals surface area contributed by atoms with E-state index < -0.39 is 0 Å². The molecule has 3 aromatic rings. The molecule has 0 radical (unpaired) electrons. The van der Waals surface area contributed by atoms with Gasteiger partial charge in [-0.25, -0.2) is 0 Å². The van der Waals surface area contributed by atoms with Crippen molar-refractivity contribution in [1.29, 1.82) is 0 Å². The van der Waals surface area contributed by atoms with Crippen molar-refractivity contribution in [3.8, 4) is 11.6 Å². The molecular weight excluding hydrogens is 308 g/mol. The molecule has 3 aromatic heterocycles. The highest BCUT2D eigenvalue weighted by molar-refractivity contribution is 5.72. The summed E-state index contributed by atoms with van der Waals surface area (Å²) in [6.07, 6.45) is 4.39. The van der Waals surface area contributed by atoms with Crippen LogP contribution >= 0.6 is 0 Å². The second kappa shape index (κ2) is 5.70. The zero-order chi connectivity index (χ0) is 16.7. The van der Waals surface area contributed by atoms with Gasteiger partial charge in [-0.05, 0) is 25.0 Å². The van der Waals surface area contributed by atoms with Crippen LogP contribution in [0.25, 0.3) is 17.4 Å². The predicted molar refractivity (Wildman–Crippen MR) is 91.2 cm³/mol. The highest BCUT2D eigenvalue weighted by Crippen LogP contribution is 2.28. The molecule has 0 bridgehead atoms. The number of nitrogens with zero attached hydrogens (tertiary/aromatic N) is 4. The average molecular weight is 328 g/mol. The third kappa shape index (κ3) is 2.17. The van der Waals surface area contributed by atoms with Crippen LogP contribution in [-0.2, 0) is 6.54 Å². The summed E-state index contributed by atoms with van der Waals surface area (Å²) in [5.41, 5.74) is 0.495. The molecule has 1 aliphatic heterocycles. The van der Waals surface area contributed by atoms with Crippen LogP contribution < -0.4 is 16.2 Å². The van der Waals surface area contributed by atoms with Crippen LogP contribution in [0.1, 0.15) is 33.1 Å². The molecule has 1 aliphatic rings. The minimum atomic E-state index is -0.0659. The van der Waals surface area contributed by atoms with E-state index in [9.17, 15) is 4.79 Å². The number of nitrogens with one attached hydrogen (secondary N) is 2. The van der Waals surface area contributed by atoms with Crippen LogP contribution in [0.2, 0.25) is 0 Å². The van der Waals surface area contributed by atoms with Gasteiger partial charge in [-0.2, -0.15) is 9.50 Å². The van der Waals surface area contributed by atoms with Gasteiger partial charge < -0.3 is 15.1 Å². The van der Waals surface area contributed by atoms with Crippen molar-refractivity contribution in [3.63, 3.8) is 0 Å². The molecular formula is C16H20N6O2. The van der Waals surface area contributed by atoms with E-state index in [1.807, 2.05) is 13.0 Å². The number of furan rings is 1. The summed E-state index contributed by atoms with van der Waals surface area (Å²) in [4.78, 5) is 17.4. The van der Waals surface area contributed by atoms with Gasteiger partial charge in [0.15, 0.2) is 11.6 Å². The number of hydrogen-bond acceptors (Lipinski definition) is 6. The molecule has 0 saturated carbocycles. The van der Waals surface area contributed by atoms with Crippen molar-refractivity contribution in [3.05, 3.63) is 28.7 Å². The topological polar surface area (TPSA) is 89.4 Å². The third-order valence-corrected chi connectivity index (χ3v) is 4.13. The highest BCUT2D eigenvalue weighted by atomic mass is 16.3. The van der Waals surface area contributed by atoms with E-state index in [-0.39, 0.29) is 11.7 Å². The minimum Gasteiger partial charge on any atom is -0.461 e. The first-order chi connectivity index (χ1) is 11.7. The monoisotopic (exact) mass is 328 g/mol. The second-order valence-corrected chi connectivity index (χ2v) is 5.93. The van der Waals surface area contributed by atoms with Gasteiger partial charge in [0.2, 0.25) is 11.6 Å². The van der Waals surface area contributed by atoms with E-state index in [2.05, 4.69) is 27.6 Å². The first-order valence-corrected chi connectivity index (χ1v) is 8.33. The number of fused-ring (bicyclic) bond motifs is 3. The molecule has 8 heteroatoms. The summed E-state index contributed by atoms with van der Waals surface area (Å²) in [6.45, 7) is 4.74. The first-order valence-electron chi connectivity index (χ1n) is 8.33. The maximum atomic E-state index is 12.9. The Balaban J connectivity index is 1.93. The summed E-state index contributed by atoms with van der Waals surface area (Å²) >= 11 is 0. The van der Waals surface area contributed by atoms with Crippen molar-refractivity contribution in [2.75, 3.05) is 10.6 Å². The fraction of sp³-hybridized carbons (Fsp3) is 0.438. The molecule has 4 rings (SSSR count). The van der Waals surface area contributed by atoms with Crippen molar-refractivity contribution in [1.82, 2.24) is 19.2 Å². The Labute approximate surface area is 138 Å². The Morgan fingerprint density at radius 2 is 2.17 bits per heavy atom. The third-order valence-electron chi connectivity index (χ3n) is 4.13. The van der Waals surface area contributed by atoms with Crippen molar-refractivity contribution in [2.24, 2.45) is 0 Å². The summed E-state index contributed by atoms with van der Waals surface area (Å²) < 4.78 is 8.77. The molecule has 1 unspecified atom stereocenters. The van der Waals surface area contributed by atoms with Gasteiger partial charge in [0.25, 0.3) is 5.56 Å². The molecule has 0 spiro atoms. The number of aromatic nitrogens is 4. The Bertz CT molecular complexity index is 924. The fourth-order valence-electron chi connectivity index (χ4n) is 3.07. The van der Waals surface area contributed by atoms with Gasteiger partial charge in [-0.3, -0.25) is 9.36 Å². The van der Waals surface area contributed by atoms with Gasteiger partial charge in [0, 0.05) is 6.54 Å². The SMILES string of the molecule is CCCC1Nc2c(n3nc(-c4ccco4)nc3n(CCC)c2=O)N1. The highest BCUT2D eigenvalue weighted by Gasteiger charge is 2.28.